The maximum absolute atomic E-state index is 12.7. The first-order valence-electron chi connectivity index (χ1n) is 6.10. The van der Waals surface area contributed by atoms with E-state index in [9.17, 15) is 9.18 Å². The minimum atomic E-state index is -0.308. The zero-order chi connectivity index (χ0) is 12.7. The maximum Gasteiger partial charge on any atom is 0.176 e. The number of nitrogens with zero attached hydrogens (tertiary/aromatic N) is 1. The zero-order valence-corrected chi connectivity index (χ0v) is 10.6. The van der Waals surface area contributed by atoms with Gasteiger partial charge in [0, 0.05) is 5.56 Å². The van der Waals surface area contributed by atoms with Crippen LogP contribution in [0.1, 0.15) is 36.5 Å². The molecule has 17 heavy (non-hydrogen) atoms. The van der Waals surface area contributed by atoms with Gasteiger partial charge in [0.1, 0.15) is 5.82 Å². The van der Waals surface area contributed by atoms with E-state index in [1.54, 1.807) is 0 Å². The monoisotopic (exact) mass is 237 g/mol. The normalized spacial score (nSPS) is 10.8. The molecule has 0 aromatic heterocycles. The van der Waals surface area contributed by atoms with Crippen molar-refractivity contribution >= 4 is 5.78 Å². The smallest absolute Gasteiger partial charge is 0.176 e. The van der Waals surface area contributed by atoms with Gasteiger partial charge in [-0.25, -0.2) is 4.39 Å². The van der Waals surface area contributed by atoms with E-state index in [2.05, 4.69) is 6.92 Å². The Morgan fingerprint density at radius 1 is 1.24 bits per heavy atom. The molecule has 0 saturated heterocycles. The van der Waals surface area contributed by atoms with Crippen molar-refractivity contribution in [1.29, 1.82) is 0 Å². The highest BCUT2D eigenvalue weighted by Gasteiger charge is 2.08. The van der Waals surface area contributed by atoms with Crippen molar-refractivity contribution in [3.63, 3.8) is 0 Å². The van der Waals surface area contributed by atoms with Gasteiger partial charge in [-0.3, -0.25) is 9.69 Å². The van der Waals surface area contributed by atoms with E-state index >= 15 is 0 Å². The topological polar surface area (TPSA) is 20.3 Å². The van der Waals surface area contributed by atoms with E-state index in [0.717, 1.165) is 13.0 Å². The number of ketones is 1. The first kappa shape index (κ1) is 13.8. The molecular weight excluding hydrogens is 217 g/mol. The van der Waals surface area contributed by atoms with Crippen LogP contribution < -0.4 is 0 Å². The third-order valence-electron chi connectivity index (χ3n) is 2.72. The fourth-order valence-electron chi connectivity index (χ4n) is 1.68. The van der Waals surface area contributed by atoms with Gasteiger partial charge >= 0.3 is 0 Å². The van der Waals surface area contributed by atoms with Crippen LogP contribution in [0.3, 0.4) is 0 Å². The Balaban J connectivity index is 2.40. The summed E-state index contributed by atoms with van der Waals surface area (Å²) in [6, 6.07) is 5.73. The number of carbonyl (C=O) groups is 1. The van der Waals surface area contributed by atoms with Crippen molar-refractivity contribution in [2.24, 2.45) is 0 Å². The largest absolute Gasteiger partial charge is 0.299 e. The molecule has 0 amide bonds. The molecule has 0 bridgehead atoms. The quantitative estimate of drug-likeness (QED) is 0.536. The van der Waals surface area contributed by atoms with Crippen molar-refractivity contribution in [2.45, 2.75) is 26.2 Å². The van der Waals surface area contributed by atoms with E-state index in [4.69, 9.17) is 0 Å². The van der Waals surface area contributed by atoms with Crippen LogP contribution in [0.5, 0.6) is 0 Å². The van der Waals surface area contributed by atoms with Crippen molar-refractivity contribution in [3.05, 3.63) is 35.6 Å². The minimum Gasteiger partial charge on any atom is -0.299 e. The van der Waals surface area contributed by atoms with Gasteiger partial charge in [-0.15, -0.1) is 0 Å². The summed E-state index contributed by atoms with van der Waals surface area (Å²) in [5, 5.41) is 0. The highest BCUT2D eigenvalue weighted by atomic mass is 19.1. The predicted octanol–water partition coefficient (Wildman–Crippen LogP) is 3.13. The summed E-state index contributed by atoms with van der Waals surface area (Å²) in [4.78, 5) is 13.9. The molecule has 2 nitrogen and oxygen atoms in total. The first-order valence-corrected chi connectivity index (χ1v) is 6.10. The molecule has 1 rings (SSSR count). The van der Waals surface area contributed by atoms with Crippen LogP contribution in [0.15, 0.2) is 24.3 Å². The lowest BCUT2D eigenvalue weighted by Crippen LogP contribution is -2.27. The standard InChI is InChI=1S/C14H20FNO/c1-3-4-5-10-16(2)11-14(17)12-6-8-13(15)9-7-12/h6-9H,3-5,10-11H2,1-2H3. The van der Waals surface area contributed by atoms with Gasteiger partial charge in [0.15, 0.2) is 5.78 Å². The lowest BCUT2D eigenvalue weighted by Gasteiger charge is -2.15. The molecule has 0 spiro atoms. The third kappa shape index (κ3) is 5.09. The molecule has 0 atom stereocenters. The Labute approximate surface area is 102 Å². The van der Waals surface area contributed by atoms with Crippen LogP contribution in [-0.4, -0.2) is 30.8 Å². The Morgan fingerprint density at radius 3 is 2.47 bits per heavy atom. The molecule has 3 heteroatoms. The van der Waals surface area contributed by atoms with Gasteiger partial charge in [-0.2, -0.15) is 0 Å². The third-order valence-corrected chi connectivity index (χ3v) is 2.72. The van der Waals surface area contributed by atoms with Gasteiger partial charge in [-0.05, 0) is 44.3 Å². The molecule has 0 aliphatic carbocycles. The molecule has 0 aliphatic heterocycles. The van der Waals surface area contributed by atoms with Crippen LogP contribution >= 0.6 is 0 Å². The fraction of sp³-hybridized carbons (Fsp3) is 0.500. The summed E-state index contributed by atoms with van der Waals surface area (Å²) >= 11 is 0. The minimum absolute atomic E-state index is 0.0454. The summed E-state index contributed by atoms with van der Waals surface area (Å²) in [6.07, 6.45) is 3.48. The van der Waals surface area contributed by atoms with Gasteiger partial charge in [0.25, 0.3) is 0 Å². The van der Waals surface area contributed by atoms with Gasteiger partial charge < -0.3 is 0 Å². The van der Waals surface area contributed by atoms with Crippen LogP contribution in [-0.2, 0) is 0 Å². The summed E-state index contributed by atoms with van der Waals surface area (Å²) < 4.78 is 12.7. The molecule has 0 radical (unpaired) electrons. The lowest BCUT2D eigenvalue weighted by atomic mass is 10.1. The van der Waals surface area contributed by atoms with Crippen molar-refractivity contribution in [1.82, 2.24) is 4.90 Å². The number of halogens is 1. The van der Waals surface area contributed by atoms with Crippen LogP contribution in [0.2, 0.25) is 0 Å². The highest BCUT2D eigenvalue weighted by molar-refractivity contribution is 5.97. The van der Waals surface area contributed by atoms with Crippen molar-refractivity contribution in [3.8, 4) is 0 Å². The number of Topliss-reactive ketones (excluding diaryl/α,β-unsaturated/α-hetero) is 1. The van der Waals surface area contributed by atoms with E-state index in [-0.39, 0.29) is 11.6 Å². The Kier molecular flexibility index (Phi) is 5.84. The average Bonchev–Trinajstić information content (AvgIpc) is 2.30. The Hall–Kier alpha value is -1.22. The second kappa shape index (κ2) is 7.17. The maximum atomic E-state index is 12.7. The van der Waals surface area contributed by atoms with E-state index < -0.39 is 0 Å². The molecule has 0 unspecified atom stereocenters. The van der Waals surface area contributed by atoms with E-state index in [1.807, 2.05) is 11.9 Å². The van der Waals surface area contributed by atoms with Gasteiger partial charge in [0.2, 0.25) is 0 Å². The van der Waals surface area contributed by atoms with Crippen molar-refractivity contribution in [2.75, 3.05) is 20.1 Å². The lowest BCUT2D eigenvalue weighted by molar-refractivity contribution is 0.0945. The number of benzene rings is 1. The summed E-state index contributed by atoms with van der Waals surface area (Å²) in [6.45, 7) is 3.49. The summed E-state index contributed by atoms with van der Waals surface area (Å²) in [5.74, 6) is -0.262. The molecule has 0 fully saturated rings. The predicted molar refractivity (Wildman–Crippen MR) is 67.8 cm³/mol. The molecule has 0 N–H and O–H groups in total. The molecule has 1 aromatic carbocycles. The van der Waals surface area contributed by atoms with Crippen LogP contribution in [0.25, 0.3) is 0 Å². The first-order chi connectivity index (χ1) is 8.13. The SMILES string of the molecule is CCCCCN(C)CC(=O)c1ccc(F)cc1. The van der Waals surface area contributed by atoms with Gasteiger partial charge in [-0.1, -0.05) is 19.8 Å². The number of hydrogen-bond donors (Lipinski definition) is 0. The molecule has 0 saturated carbocycles. The van der Waals surface area contributed by atoms with Crippen molar-refractivity contribution < 1.29 is 9.18 Å². The molecule has 1 aromatic rings. The number of carbonyl (C=O) groups excluding carboxylic acids is 1. The zero-order valence-electron chi connectivity index (χ0n) is 10.6. The number of hydrogen-bond acceptors (Lipinski definition) is 2. The summed E-state index contributed by atoms with van der Waals surface area (Å²) in [5.41, 5.74) is 0.578. The molecule has 0 heterocycles. The number of rotatable bonds is 7. The number of likely N-dealkylation sites (N-methyl/N-ethyl adjacent to an activating group) is 1. The van der Waals surface area contributed by atoms with E-state index in [1.165, 1.54) is 37.1 Å². The van der Waals surface area contributed by atoms with Crippen LogP contribution in [0, 0.1) is 5.82 Å². The molecule has 94 valence electrons. The van der Waals surface area contributed by atoms with Crippen LogP contribution in [0.4, 0.5) is 4.39 Å². The average molecular weight is 237 g/mol. The highest BCUT2D eigenvalue weighted by Crippen LogP contribution is 2.05. The summed E-state index contributed by atoms with van der Waals surface area (Å²) in [7, 11) is 1.94. The Morgan fingerprint density at radius 2 is 1.88 bits per heavy atom. The fourth-order valence-corrected chi connectivity index (χ4v) is 1.68. The van der Waals surface area contributed by atoms with E-state index in [0.29, 0.717) is 12.1 Å². The molecule has 0 aliphatic rings. The molecular formula is C14H20FNO. The van der Waals surface area contributed by atoms with Gasteiger partial charge in [0.05, 0.1) is 6.54 Å². The Bertz CT molecular complexity index is 348. The second-order valence-electron chi connectivity index (χ2n) is 4.37. The second-order valence-corrected chi connectivity index (χ2v) is 4.37. The number of unbranched alkanes of at least 4 members (excludes halogenated alkanes) is 2.